The Bertz CT molecular complexity index is 1290. The lowest BCUT2D eigenvalue weighted by molar-refractivity contribution is -0.384. The average molecular weight is 500 g/mol. The van der Waals surface area contributed by atoms with E-state index in [1.54, 1.807) is 24.3 Å². The maximum absolute atomic E-state index is 13.0. The van der Waals surface area contributed by atoms with Gasteiger partial charge in [-0.3, -0.25) is 34.3 Å². The van der Waals surface area contributed by atoms with Gasteiger partial charge in [0, 0.05) is 17.4 Å². The second-order valence-corrected chi connectivity index (χ2v) is 9.56. The van der Waals surface area contributed by atoms with Gasteiger partial charge in [-0.1, -0.05) is 35.9 Å². The Morgan fingerprint density at radius 2 is 1.62 bits per heavy atom. The summed E-state index contributed by atoms with van der Waals surface area (Å²) in [7, 11) is 0. The molecule has 3 aliphatic heterocycles. The number of carbonyl (C=O) groups excluding carboxylic acids is 3. The van der Waals surface area contributed by atoms with E-state index in [9.17, 15) is 34.4 Å². The molecule has 2 unspecified atom stereocenters. The van der Waals surface area contributed by atoms with Gasteiger partial charge >= 0.3 is 5.97 Å². The minimum atomic E-state index is -1.40. The number of nitrogens with zero attached hydrogens (tertiary/aromatic N) is 3. The molecule has 2 aromatic carbocycles. The number of non-ortho nitro benzene ring substituents is 1. The fourth-order valence-electron chi connectivity index (χ4n) is 4.33. The van der Waals surface area contributed by atoms with Crippen molar-refractivity contribution in [2.45, 2.75) is 23.1 Å². The Labute approximate surface area is 200 Å². The van der Waals surface area contributed by atoms with Crippen LogP contribution in [-0.4, -0.2) is 60.2 Å². The molecule has 1 N–H and O–H groups in total. The summed E-state index contributed by atoms with van der Waals surface area (Å²) in [6.07, 6.45) is 0.228. The van der Waals surface area contributed by atoms with Crippen LogP contribution in [0.1, 0.15) is 26.3 Å². The van der Waals surface area contributed by atoms with E-state index in [0.29, 0.717) is 5.56 Å². The zero-order chi connectivity index (χ0) is 24.3. The van der Waals surface area contributed by atoms with Crippen LogP contribution in [0.4, 0.5) is 5.69 Å². The number of amides is 3. The van der Waals surface area contributed by atoms with Crippen LogP contribution in [0.5, 0.6) is 0 Å². The van der Waals surface area contributed by atoms with Crippen LogP contribution in [0.15, 0.2) is 59.3 Å². The minimum Gasteiger partial charge on any atom is -0.477 e. The van der Waals surface area contributed by atoms with Crippen molar-refractivity contribution in [1.29, 1.82) is 0 Å². The molecule has 3 atom stereocenters. The average Bonchev–Trinajstić information content (AvgIpc) is 3.06. The van der Waals surface area contributed by atoms with Gasteiger partial charge in [0.05, 0.1) is 21.1 Å². The van der Waals surface area contributed by atoms with E-state index in [0.717, 1.165) is 9.80 Å². The summed E-state index contributed by atoms with van der Waals surface area (Å²) < 4.78 is 0. The number of nitro groups is 1. The van der Waals surface area contributed by atoms with Crippen molar-refractivity contribution in [1.82, 2.24) is 9.80 Å². The Hall–Kier alpha value is -3.70. The molecular weight excluding hydrogens is 486 g/mol. The fourth-order valence-corrected chi connectivity index (χ4v) is 6.30. The quantitative estimate of drug-likeness (QED) is 0.287. The fraction of sp³-hybridized carbons (Fsp3) is 0.182. The molecule has 34 heavy (non-hydrogen) atoms. The Morgan fingerprint density at radius 3 is 2.15 bits per heavy atom. The highest BCUT2D eigenvalue weighted by Gasteiger charge is 2.61. The molecule has 3 heterocycles. The predicted molar refractivity (Wildman–Crippen MR) is 120 cm³/mol. The number of halogens is 1. The van der Waals surface area contributed by atoms with Crippen LogP contribution in [0.3, 0.4) is 0 Å². The van der Waals surface area contributed by atoms with Crippen molar-refractivity contribution in [3.05, 3.63) is 86.1 Å². The number of benzene rings is 2. The molecule has 5 rings (SSSR count). The highest BCUT2D eigenvalue weighted by Crippen LogP contribution is 2.49. The summed E-state index contributed by atoms with van der Waals surface area (Å²) in [6, 6.07) is 10.8. The molecular formula is C22H14ClN3O7S. The number of carboxylic acids is 1. The largest absolute Gasteiger partial charge is 0.477 e. The summed E-state index contributed by atoms with van der Waals surface area (Å²) in [5.41, 5.74) is 0.565. The van der Waals surface area contributed by atoms with Crippen LogP contribution in [0.2, 0.25) is 0 Å². The van der Waals surface area contributed by atoms with Crippen molar-refractivity contribution >= 4 is 52.7 Å². The first-order chi connectivity index (χ1) is 16.2. The number of aliphatic carboxylic acids is 1. The molecule has 172 valence electrons. The number of hydrogen-bond acceptors (Lipinski definition) is 7. The van der Waals surface area contributed by atoms with Crippen molar-refractivity contribution < 1.29 is 29.2 Å². The van der Waals surface area contributed by atoms with E-state index in [1.165, 1.54) is 36.0 Å². The summed E-state index contributed by atoms with van der Waals surface area (Å²) in [5.74, 6) is -3.32. The van der Waals surface area contributed by atoms with Gasteiger partial charge in [0.25, 0.3) is 23.4 Å². The first kappa shape index (κ1) is 22.1. The zero-order valence-electron chi connectivity index (χ0n) is 17.1. The number of rotatable bonds is 5. The van der Waals surface area contributed by atoms with Gasteiger partial charge in [0.15, 0.2) is 0 Å². The van der Waals surface area contributed by atoms with E-state index in [-0.39, 0.29) is 28.3 Å². The molecule has 3 amide bonds. The third-order valence-electron chi connectivity index (χ3n) is 5.94. The van der Waals surface area contributed by atoms with E-state index >= 15 is 0 Å². The normalized spacial score (nSPS) is 23.6. The van der Waals surface area contributed by atoms with Crippen LogP contribution >= 0.6 is 23.4 Å². The first-order valence-corrected chi connectivity index (χ1v) is 11.3. The van der Waals surface area contributed by atoms with Crippen LogP contribution in [0.25, 0.3) is 0 Å². The van der Waals surface area contributed by atoms with Gasteiger partial charge in [-0.2, -0.15) is 0 Å². The SMILES string of the molecule is O=C(O)C1=C(Cl)C(Cc2ccc([N+](=O)[O-])cc2)S[C@@H]2C(N3C(=O)c4ccccc4C3=O)C(=O)N12. The molecule has 1 fully saturated rings. The van der Waals surface area contributed by atoms with Crippen molar-refractivity contribution in [3.8, 4) is 0 Å². The molecule has 12 heteroatoms. The van der Waals surface area contributed by atoms with Crippen LogP contribution in [0, 0.1) is 10.1 Å². The maximum Gasteiger partial charge on any atom is 0.353 e. The standard InChI is InChI=1S/C22H14ClN3O7S/c23-15-14(9-10-5-7-11(8-6-10)26(32)33)34-21-17(20(29)25(21)16(15)22(30)31)24-18(27)12-3-1-2-4-13(12)19(24)28/h1-8,14,17,21H,9H2,(H,30,31)/t14?,17?,21-/m1/s1. The van der Waals surface area contributed by atoms with E-state index in [4.69, 9.17) is 11.6 Å². The molecule has 3 aliphatic rings. The Kier molecular flexibility index (Phi) is 5.18. The second-order valence-electron chi connectivity index (χ2n) is 7.82. The molecule has 2 aromatic rings. The zero-order valence-corrected chi connectivity index (χ0v) is 18.7. The number of imide groups is 1. The number of hydrogen-bond donors (Lipinski definition) is 1. The van der Waals surface area contributed by atoms with Gasteiger partial charge < -0.3 is 5.11 Å². The van der Waals surface area contributed by atoms with Crippen molar-refractivity contribution in [2.24, 2.45) is 0 Å². The number of nitro benzene ring substituents is 1. The molecule has 0 aromatic heterocycles. The molecule has 10 nitrogen and oxygen atoms in total. The smallest absolute Gasteiger partial charge is 0.353 e. The molecule has 0 radical (unpaired) electrons. The molecule has 1 saturated heterocycles. The summed E-state index contributed by atoms with van der Waals surface area (Å²) in [4.78, 5) is 63.1. The highest BCUT2D eigenvalue weighted by atomic mass is 35.5. The lowest BCUT2D eigenvalue weighted by atomic mass is 10.0. The lowest BCUT2D eigenvalue weighted by Gasteiger charge is -2.52. The third kappa shape index (κ3) is 3.19. The first-order valence-electron chi connectivity index (χ1n) is 10.0. The number of carbonyl (C=O) groups is 4. The predicted octanol–water partition coefficient (Wildman–Crippen LogP) is 2.62. The van der Waals surface area contributed by atoms with Gasteiger partial charge in [-0.25, -0.2) is 4.79 Å². The van der Waals surface area contributed by atoms with Crippen molar-refractivity contribution in [3.63, 3.8) is 0 Å². The summed E-state index contributed by atoms with van der Waals surface area (Å²) in [5, 5.41) is 19.2. The Morgan fingerprint density at radius 1 is 1.03 bits per heavy atom. The minimum absolute atomic E-state index is 0.0544. The molecule has 0 bridgehead atoms. The van der Waals surface area contributed by atoms with Gasteiger partial charge in [-0.05, 0) is 24.1 Å². The van der Waals surface area contributed by atoms with Crippen molar-refractivity contribution in [2.75, 3.05) is 0 Å². The summed E-state index contributed by atoms with van der Waals surface area (Å²) in [6.45, 7) is 0. The topological polar surface area (TPSA) is 138 Å². The lowest BCUT2D eigenvalue weighted by Crippen LogP contribution is -2.71. The molecule has 0 aliphatic carbocycles. The number of β-lactam (4-membered cyclic amide) rings is 1. The van der Waals surface area contributed by atoms with E-state index in [1.807, 2.05) is 0 Å². The van der Waals surface area contributed by atoms with Gasteiger partial charge in [0.1, 0.15) is 17.1 Å². The van der Waals surface area contributed by atoms with Gasteiger partial charge in [0.2, 0.25) is 0 Å². The number of thioether (sulfide) groups is 1. The Balaban J connectivity index is 1.46. The highest BCUT2D eigenvalue weighted by molar-refractivity contribution is 8.01. The summed E-state index contributed by atoms with van der Waals surface area (Å²) >= 11 is 7.57. The molecule has 0 saturated carbocycles. The monoisotopic (exact) mass is 499 g/mol. The van der Waals surface area contributed by atoms with Gasteiger partial charge in [-0.15, -0.1) is 11.8 Å². The number of fused-ring (bicyclic) bond motifs is 2. The second kappa shape index (κ2) is 7.96. The maximum atomic E-state index is 13.0. The van der Waals surface area contributed by atoms with Crippen LogP contribution in [-0.2, 0) is 16.0 Å². The number of carboxylic acid groups (broad SMARTS) is 1. The third-order valence-corrected chi connectivity index (χ3v) is 7.99. The molecule has 0 spiro atoms. The van der Waals surface area contributed by atoms with E-state index < -0.39 is 51.0 Å². The van der Waals surface area contributed by atoms with E-state index in [2.05, 4.69) is 0 Å². The van der Waals surface area contributed by atoms with Crippen LogP contribution < -0.4 is 0 Å².